The smallest absolute Gasteiger partial charge is 0.194 e. The first kappa shape index (κ1) is 19.7. The molecule has 1 aromatic carbocycles. The van der Waals surface area contributed by atoms with Gasteiger partial charge in [-0.2, -0.15) is 0 Å². The van der Waals surface area contributed by atoms with Crippen LogP contribution in [-0.4, -0.2) is 15.0 Å². The minimum Gasteiger partial charge on any atom is -0.340 e. The summed E-state index contributed by atoms with van der Waals surface area (Å²) in [6.45, 7) is 0. The van der Waals surface area contributed by atoms with Gasteiger partial charge in [0.2, 0.25) is 0 Å². The first-order valence-corrected chi connectivity index (χ1v) is 6.28. The van der Waals surface area contributed by atoms with Crippen LogP contribution in [0.1, 0.15) is 0 Å². The van der Waals surface area contributed by atoms with Crippen molar-refractivity contribution in [3.8, 4) is 11.4 Å². The van der Waals surface area contributed by atoms with Gasteiger partial charge in [-0.3, -0.25) is 4.98 Å². The van der Waals surface area contributed by atoms with Crippen LogP contribution < -0.4 is 5.32 Å². The molecule has 0 unspecified atom stereocenters. The predicted octanol–water partition coefficient (Wildman–Crippen LogP) is 4.54. The standard InChI is InChI=1S/C15H9F3N4.2ClH/c16-11-6-10(7-12(17)14(11)18)21-13-3-5-20-15(22-13)9-2-1-4-19-8-9;;/h1-8H,(H,20,21,22);2*1H. The summed E-state index contributed by atoms with van der Waals surface area (Å²) in [5, 5.41) is 2.70. The number of nitrogens with zero attached hydrogens (tertiary/aromatic N) is 3. The Morgan fingerprint density at radius 1 is 0.917 bits per heavy atom. The molecule has 9 heteroatoms. The van der Waals surface area contributed by atoms with Crippen LogP contribution in [0.5, 0.6) is 0 Å². The third kappa shape index (κ3) is 4.33. The van der Waals surface area contributed by atoms with Crippen molar-refractivity contribution in [3.05, 3.63) is 66.4 Å². The van der Waals surface area contributed by atoms with Crippen molar-refractivity contribution in [3.63, 3.8) is 0 Å². The highest BCUT2D eigenvalue weighted by molar-refractivity contribution is 5.85. The summed E-state index contributed by atoms with van der Waals surface area (Å²) in [5.41, 5.74) is 0.745. The van der Waals surface area contributed by atoms with Crippen LogP contribution in [0.15, 0.2) is 48.9 Å². The molecule has 126 valence electrons. The van der Waals surface area contributed by atoms with Crippen LogP contribution in [-0.2, 0) is 0 Å². The second-order valence-electron chi connectivity index (χ2n) is 4.39. The summed E-state index contributed by atoms with van der Waals surface area (Å²) in [5.74, 6) is -3.34. The van der Waals surface area contributed by atoms with Gasteiger partial charge >= 0.3 is 0 Å². The van der Waals surface area contributed by atoms with Gasteiger partial charge in [-0.05, 0) is 18.2 Å². The van der Waals surface area contributed by atoms with Gasteiger partial charge in [-0.1, -0.05) is 0 Å². The number of rotatable bonds is 3. The molecule has 0 amide bonds. The van der Waals surface area contributed by atoms with Gasteiger partial charge in [0.15, 0.2) is 23.3 Å². The molecule has 0 bridgehead atoms. The Balaban J connectivity index is 0.00000144. The van der Waals surface area contributed by atoms with Crippen molar-refractivity contribution in [2.75, 3.05) is 5.32 Å². The number of aromatic nitrogens is 3. The fraction of sp³-hybridized carbons (Fsp3) is 0. The van der Waals surface area contributed by atoms with Gasteiger partial charge in [-0.15, -0.1) is 24.8 Å². The highest BCUT2D eigenvalue weighted by Crippen LogP contribution is 2.21. The molecule has 0 radical (unpaired) electrons. The lowest BCUT2D eigenvalue weighted by Gasteiger charge is -2.08. The van der Waals surface area contributed by atoms with E-state index in [2.05, 4.69) is 20.3 Å². The van der Waals surface area contributed by atoms with Crippen LogP contribution in [0.25, 0.3) is 11.4 Å². The fourth-order valence-electron chi connectivity index (χ4n) is 1.84. The summed E-state index contributed by atoms with van der Waals surface area (Å²) in [6.07, 6.45) is 4.71. The van der Waals surface area contributed by atoms with E-state index in [-0.39, 0.29) is 30.5 Å². The molecule has 0 aliphatic heterocycles. The number of hydrogen-bond donors (Lipinski definition) is 1. The zero-order valence-corrected chi connectivity index (χ0v) is 13.5. The average Bonchev–Trinajstić information content (AvgIpc) is 2.54. The summed E-state index contributed by atoms with van der Waals surface area (Å²) in [7, 11) is 0. The van der Waals surface area contributed by atoms with E-state index in [1.54, 1.807) is 24.5 Å². The molecule has 2 heterocycles. The lowest BCUT2D eigenvalue weighted by Crippen LogP contribution is -1.99. The normalized spacial score (nSPS) is 9.62. The van der Waals surface area contributed by atoms with Gasteiger partial charge in [0.05, 0.1) is 0 Å². The number of pyridine rings is 1. The molecule has 3 aromatic rings. The number of anilines is 2. The second-order valence-corrected chi connectivity index (χ2v) is 4.39. The summed E-state index contributed by atoms with van der Waals surface area (Å²) >= 11 is 0. The Kier molecular flexibility index (Phi) is 6.94. The van der Waals surface area contributed by atoms with Crippen LogP contribution in [0.2, 0.25) is 0 Å². The largest absolute Gasteiger partial charge is 0.340 e. The third-order valence-electron chi connectivity index (χ3n) is 2.83. The maximum atomic E-state index is 13.2. The topological polar surface area (TPSA) is 50.7 Å². The zero-order valence-electron chi connectivity index (χ0n) is 11.9. The zero-order chi connectivity index (χ0) is 15.5. The van der Waals surface area contributed by atoms with Crippen molar-refractivity contribution >= 4 is 36.3 Å². The lowest BCUT2D eigenvalue weighted by molar-refractivity contribution is 0.448. The highest BCUT2D eigenvalue weighted by Gasteiger charge is 2.11. The second kappa shape index (κ2) is 8.47. The molecule has 0 spiro atoms. The molecule has 4 nitrogen and oxygen atoms in total. The Bertz CT molecular complexity index is 796. The number of halogens is 5. The van der Waals surface area contributed by atoms with E-state index >= 15 is 0 Å². The highest BCUT2D eigenvalue weighted by atomic mass is 35.5. The predicted molar refractivity (Wildman–Crippen MR) is 89.4 cm³/mol. The molecule has 2 aromatic heterocycles. The molecule has 1 N–H and O–H groups in total. The van der Waals surface area contributed by atoms with Crippen molar-refractivity contribution in [1.29, 1.82) is 0 Å². The maximum Gasteiger partial charge on any atom is 0.194 e. The number of hydrogen-bond acceptors (Lipinski definition) is 4. The maximum absolute atomic E-state index is 13.2. The van der Waals surface area contributed by atoms with E-state index in [9.17, 15) is 13.2 Å². The molecule has 0 atom stereocenters. The van der Waals surface area contributed by atoms with E-state index < -0.39 is 17.5 Å². The minimum atomic E-state index is -1.51. The van der Waals surface area contributed by atoms with Crippen molar-refractivity contribution in [2.45, 2.75) is 0 Å². The number of nitrogens with one attached hydrogen (secondary N) is 1. The molecular weight excluding hydrogens is 364 g/mol. The van der Waals surface area contributed by atoms with Crippen LogP contribution in [0.3, 0.4) is 0 Å². The number of benzene rings is 1. The first-order valence-electron chi connectivity index (χ1n) is 6.28. The van der Waals surface area contributed by atoms with E-state index in [0.717, 1.165) is 12.1 Å². The van der Waals surface area contributed by atoms with Gasteiger partial charge < -0.3 is 5.32 Å². The van der Waals surface area contributed by atoms with Crippen LogP contribution in [0.4, 0.5) is 24.7 Å². The van der Waals surface area contributed by atoms with E-state index in [4.69, 9.17) is 0 Å². The van der Waals surface area contributed by atoms with Gasteiger partial charge in [0, 0.05) is 42.0 Å². The Morgan fingerprint density at radius 2 is 1.62 bits per heavy atom. The van der Waals surface area contributed by atoms with E-state index in [1.165, 1.54) is 12.3 Å². The monoisotopic (exact) mass is 374 g/mol. The van der Waals surface area contributed by atoms with Crippen molar-refractivity contribution in [1.82, 2.24) is 15.0 Å². The van der Waals surface area contributed by atoms with Gasteiger partial charge in [0.1, 0.15) is 5.82 Å². The van der Waals surface area contributed by atoms with Crippen molar-refractivity contribution in [2.24, 2.45) is 0 Å². The summed E-state index contributed by atoms with van der Waals surface area (Å²) < 4.78 is 39.3. The molecule has 0 saturated carbocycles. The van der Waals surface area contributed by atoms with Gasteiger partial charge in [0.25, 0.3) is 0 Å². The van der Waals surface area contributed by atoms with Crippen LogP contribution >= 0.6 is 24.8 Å². The molecule has 0 aliphatic rings. The molecule has 0 saturated heterocycles. The van der Waals surface area contributed by atoms with Crippen LogP contribution in [0, 0.1) is 17.5 Å². The SMILES string of the molecule is Cl.Cl.Fc1cc(Nc2ccnc(-c3cccnc3)n2)cc(F)c1F. The lowest BCUT2D eigenvalue weighted by atomic mass is 10.2. The Labute approximate surface area is 148 Å². The summed E-state index contributed by atoms with van der Waals surface area (Å²) in [4.78, 5) is 12.3. The molecule has 0 aliphatic carbocycles. The quantitative estimate of drug-likeness (QED) is 0.683. The molecular formula is C15H11Cl2F3N4. The Morgan fingerprint density at radius 3 is 2.25 bits per heavy atom. The van der Waals surface area contributed by atoms with Gasteiger partial charge in [-0.25, -0.2) is 23.1 Å². The molecule has 0 fully saturated rings. The van der Waals surface area contributed by atoms with Crippen molar-refractivity contribution < 1.29 is 13.2 Å². The fourth-order valence-corrected chi connectivity index (χ4v) is 1.84. The molecule has 24 heavy (non-hydrogen) atoms. The van der Waals surface area contributed by atoms with E-state index in [0.29, 0.717) is 17.2 Å². The Hall–Kier alpha value is -2.38. The minimum absolute atomic E-state index is 0. The third-order valence-corrected chi connectivity index (χ3v) is 2.83. The average molecular weight is 375 g/mol. The molecule has 3 rings (SSSR count). The van der Waals surface area contributed by atoms with E-state index in [1.807, 2.05) is 0 Å². The first-order chi connectivity index (χ1) is 10.6. The summed E-state index contributed by atoms with van der Waals surface area (Å²) in [6, 6.07) is 6.75.